The zero-order valence-electron chi connectivity index (χ0n) is 10.9. The highest BCUT2D eigenvalue weighted by atomic mass is 19.1. The molecule has 2 rings (SSSR count). The van der Waals surface area contributed by atoms with Crippen LogP contribution in [0.4, 0.5) is 4.39 Å². The van der Waals surface area contributed by atoms with E-state index in [2.05, 4.69) is 0 Å². The summed E-state index contributed by atoms with van der Waals surface area (Å²) in [5.41, 5.74) is 0.490. The first kappa shape index (κ1) is 14.5. The van der Waals surface area contributed by atoms with Crippen LogP contribution in [0.3, 0.4) is 0 Å². The molecule has 0 saturated carbocycles. The van der Waals surface area contributed by atoms with Crippen molar-refractivity contribution in [1.29, 1.82) is 0 Å². The van der Waals surface area contributed by atoms with Gasteiger partial charge in [0.1, 0.15) is 5.82 Å². The Balaban J connectivity index is 1.89. The lowest BCUT2D eigenvalue weighted by atomic mass is 10.1. The molecule has 108 valence electrons. The van der Waals surface area contributed by atoms with Crippen molar-refractivity contribution in [2.75, 3.05) is 19.7 Å². The topological polar surface area (TPSA) is 66.8 Å². The van der Waals surface area contributed by atoms with Crippen molar-refractivity contribution >= 4 is 11.9 Å². The maximum atomic E-state index is 13.4. The number of ether oxygens (including phenoxy) is 1. The number of aliphatic carboxylic acids is 1. The van der Waals surface area contributed by atoms with Crippen molar-refractivity contribution in [3.63, 3.8) is 0 Å². The summed E-state index contributed by atoms with van der Waals surface area (Å²) in [6.45, 7) is 0.633. The van der Waals surface area contributed by atoms with Crippen LogP contribution < -0.4 is 0 Å². The fourth-order valence-corrected chi connectivity index (χ4v) is 2.13. The largest absolute Gasteiger partial charge is 0.479 e. The van der Waals surface area contributed by atoms with E-state index in [1.807, 2.05) is 0 Å². The Morgan fingerprint density at radius 1 is 1.40 bits per heavy atom. The molecule has 0 spiro atoms. The van der Waals surface area contributed by atoms with Crippen molar-refractivity contribution in [3.05, 3.63) is 35.6 Å². The SMILES string of the molecule is O=C(O)C1CN(C(=O)CCc2ccccc2F)CCO1. The number of carbonyl (C=O) groups is 2. The van der Waals surface area contributed by atoms with E-state index in [1.165, 1.54) is 11.0 Å². The lowest BCUT2D eigenvalue weighted by Crippen LogP contribution is -2.48. The van der Waals surface area contributed by atoms with Gasteiger partial charge in [-0.05, 0) is 18.1 Å². The van der Waals surface area contributed by atoms with E-state index in [-0.39, 0.29) is 31.3 Å². The van der Waals surface area contributed by atoms with Crippen molar-refractivity contribution in [2.24, 2.45) is 0 Å². The highest BCUT2D eigenvalue weighted by Crippen LogP contribution is 2.12. The molecule has 5 nitrogen and oxygen atoms in total. The molecule has 1 atom stereocenters. The van der Waals surface area contributed by atoms with Crippen LogP contribution in [-0.2, 0) is 20.7 Å². The third kappa shape index (κ3) is 3.54. The van der Waals surface area contributed by atoms with Gasteiger partial charge in [-0.1, -0.05) is 18.2 Å². The lowest BCUT2D eigenvalue weighted by molar-refractivity contribution is -0.159. The van der Waals surface area contributed by atoms with Gasteiger partial charge in [0, 0.05) is 13.0 Å². The van der Waals surface area contributed by atoms with Gasteiger partial charge in [-0.2, -0.15) is 0 Å². The Morgan fingerprint density at radius 2 is 2.15 bits per heavy atom. The molecule has 1 saturated heterocycles. The van der Waals surface area contributed by atoms with Crippen LogP contribution in [0, 0.1) is 5.82 Å². The number of benzene rings is 1. The molecule has 0 aliphatic carbocycles. The van der Waals surface area contributed by atoms with Crippen LogP contribution >= 0.6 is 0 Å². The standard InChI is InChI=1S/C14H16FNO4/c15-11-4-2-1-3-10(11)5-6-13(17)16-7-8-20-12(9-16)14(18)19/h1-4,12H,5-9H2,(H,18,19). The van der Waals surface area contributed by atoms with Crippen LogP contribution in [0.5, 0.6) is 0 Å². The predicted octanol–water partition coefficient (Wildman–Crippen LogP) is 1.07. The molecule has 6 heteroatoms. The zero-order valence-corrected chi connectivity index (χ0v) is 10.9. The maximum absolute atomic E-state index is 13.4. The monoisotopic (exact) mass is 281 g/mol. The summed E-state index contributed by atoms with van der Waals surface area (Å²) in [4.78, 5) is 24.3. The number of nitrogens with zero attached hydrogens (tertiary/aromatic N) is 1. The Hall–Kier alpha value is -1.95. The molecule has 1 heterocycles. The number of amides is 1. The van der Waals surface area contributed by atoms with Crippen molar-refractivity contribution < 1.29 is 23.8 Å². The van der Waals surface area contributed by atoms with Crippen LogP contribution in [-0.4, -0.2) is 47.7 Å². The summed E-state index contributed by atoms with van der Waals surface area (Å²) in [5.74, 6) is -1.58. The van der Waals surface area contributed by atoms with E-state index < -0.39 is 12.1 Å². The highest BCUT2D eigenvalue weighted by Gasteiger charge is 2.28. The molecule has 1 aromatic rings. The number of aryl methyl sites for hydroxylation is 1. The second-order valence-corrected chi connectivity index (χ2v) is 4.63. The molecule has 0 bridgehead atoms. The third-order valence-corrected chi connectivity index (χ3v) is 3.26. The number of hydrogen-bond acceptors (Lipinski definition) is 3. The molecule has 1 unspecified atom stereocenters. The summed E-state index contributed by atoms with van der Waals surface area (Å²) in [5, 5.41) is 8.87. The zero-order chi connectivity index (χ0) is 14.5. The van der Waals surface area contributed by atoms with Gasteiger partial charge in [0.15, 0.2) is 6.10 Å². The van der Waals surface area contributed by atoms with Gasteiger partial charge < -0.3 is 14.7 Å². The van der Waals surface area contributed by atoms with Gasteiger partial charge in [0.2, 0.25) is 5.91 Å². The molecule has 1 amide bonds. The number of carboxylic acids is 1. The van der Waals surface area contributed by atoms with E-state index in [1.54, 1.807) is 18.2 Å². The van der Waals surface area contributed by atoms with Crippen molar-refractivity contribution in [3.8, 4) is 0 Å². The Kier molecular flexibility index (Phi) is 4.68. The summed E-state index contributed by atoms with van der Waals surface area (Å²) in [7, 11) is 0. The van der Waals surface area contributed by atoms with Gasteiger partial charge in [-0.15, -0.1) is 0 Å². The van der Waals surface area contributed by atoms with Gasteiger partial charge in [-0.25, -0.2) is 9.18 Å². The summed E-state index contributed by atoms with van der Waals surface area (Å²) >= 11 is 0. The van der Waals surface area contributed by atoms with E-state index in [0.29, 0.717) is 18.5 Å². The van der Waals surface area contributed by atoms with Crippen LogP contribution in [0.2, 0.25) is 0 Å². The molecular formula is C14H16FNO4. The number of halogens is 1. The quantitative estimate of drug-likeness (QED) is 0.896. The van der Waals surface area contributed by atoms with Crippen molar-refractivity contribution in [1.82, 2.24) is 4.90 Å². The van der Waals surface area contributed by atoms with E-state index in [4.69, 9.17) is 9.84 Å². The first-order valence-electron chi connectivity index (χ1n) is 6.43. The summed E-state index contributed by atoms with van der Waals surface area (Å²) < 4.78 is 18.5. The molecule has 1 fully saturated rings. The van der Waals surface area contributed by atoms with E-state index >= 15 is 0 Å². The highest BCUT2D eigenvalue weighted by molar-refractivity contribution is 5.78. The smallest absolute Gasteiger partial charge is 0.334 e. The fourth-order valence-electron chi connectivity index (χ4n) is 2.13. The number of hydrogen-bond donors (Lipinski definition) is 1. The molecule has 1 aliphatic rings. The van der Waals surface area contributed by atoms with Gasteiger partial charge in [-0.3, -0.25) is 4.79 Å². The molecule has 1 aromatic carbocycles. The number of carboxylic acid groups (broad SMARTS) is 1. The summed E-state index contributed by atoms with van der Waals surface area (Å²) in [6.07, 6.45) is -0.505. The average Bonchev–Trinajstić information content (AvgIpc) is 2.46. The van der Waals surface area contributed by atoms with E-state index in [0.717, 1.165) is 0 Å². The Morgan fingerprint density at radius 3 is 2.85 bits per heavy atom. The van der Waals surface area contributed by atoms with Gasteiger partial charge in [0.25, 0.3) is 0 Å². The maximum Gasteiger partial charge on any atom is 0.334 e. The van der Waals surface area contributed by atoms with E-state index in [9.17, 15) is 14.0 Å². The Bertz CT molecular complexity index is 506. The van der Waals surface area contributed by atoms with Crippen LogP contribution in [0.1, 0.15) is 12.0 Å². The minimum Gasteiger partial charge on any atom is -0.479 e. The second-order valence-electron chi connectivity index (χ2n) is 4.63. The first-order valence-corrected chi connectivity index (χ1v) is 6.43. The number of rotatable bonds is 4. The Labute approximate surface area is 116 Å². The van der Waals surface area contributed by atoms with Gasteiger partial charge >= 0.3 is 5.97 Å². The molecule has 0 radical (unpaired) electrons. The predicted molar refractivity (Wildman–Crippen MR) is 68.7 cm³/mol. The van der Waals surface area contributed by atoms with Crippen LogP contribution in [0.25, 0.3) is 0 Å². The minimum atomic E-state index is -1.07. The van der Waals surface area contributed by atoms with Crippen LogP contribution in [0.15, 0.2) is 24.3 Å². The number of morpholine rings is 1. The normalized spacial score (nSPS) is 18.9. The molecule has 0 aromatic heterocycles. The number of carbonyl (C=O) groups excluding carboxylic acids is 1. The molecule has 20 heavy (non-hydrogen) atoms. The molecule has 1 aliphatic heterocycles. The first-order chi connectivity index (χ1) is 9.58. The van der Waals surface area contributed by atoms with Crippen molar-refractivity contribution in [2.45, 2.75) is 18.9 Å². The lowest BCUT2D eigenvalue weighted by Gasteiger charge is -2.31. The van der Waals surface area contributed by atoms with Gasteiger partial charge in [0.05, 0.1) is 13.2 Å². The fraction of sp³-hybridized carbons (Fsp3) is 0.429. The minimum absolute atomic E-state index is 0.0471. The molecular weight excluding hydrogens is 265 g/mol. The second kappa shape index (κ2) is 6.47. The average molecular weight is 281 g/mol. The molecule has 1 N–H and O–H groups in total. The third-order valence-electron chi connectivity index (χ3n) is 3.26. The summed E-state index contributed by atoms with van der Waals surface area (Å²) in [6, 6.07) is 6.31.